The van der Waals surface area contributed by atoms with E-state index in [1.807, 2.05) is 24.3 Å². The van der Waals surface area contributed by atoms with Gasteiger partial charge in [-0.1, -0.05) is 17.8 Å². The lowest BCUT2D eigenvalue weighted by Gasteiger charge is -2.34. The Balaban J connectivity index is 1.92. The van der Waals surface area contributed by atoms with Gasteiger partial charge in [0.1, 0.15) is 11.6 Å². The normalized spacial score (nSPS) is 17.0. The van der Waals surface area contributed by atoms with Crippen LogP contribution in [0.4, 0.5) is 4.39 Å². The van der Waals surface area contributed by atoms with Crippen LogP contribution in [0.2, 0.25) is 0 Å². The summed E-state index contributed by atoms with van der Waals surface area (Å²) >= 11 is 1.46. The molecule has 0 aliphatic carbocycles. The van der Waals surface area contributed by atoms with E-state index in [4.69, 9.17) is 4.74 Å². The third-order valence-corrected chi connectivity index (χ3v) is 5.23. The van der Waals surface area contributed by atoms with Gasteiger partial charge >= 0.3 is 0 Å². The molecule has 0 radical (unpaired) electrons. The number of halogens is 1. The second-order valence-corrected chi connectivity index (χ2v) is 6.82. The van der Waals surface area contributed by atoms with Gasteiger partial charge in [0.05, 0.1) is 12.7 Å². The minimum atomic E-state index is -0.895. The maximum absolute atomic E-state index is 13.7. The number of benzene rings is 2. The monoisotopic (exact) mass is 333 g/mol. The Labute approximate surface area is 139 Å². The lowest BCUT2D eigenvalue weighted by molar-refractivity contribution is 0.00343. The zero-order chi connectivity index (χ0) is 16.3. The van der Waals surface area contributed by atoms with Gasteiger partial charge in [0.25, 0.3) is 0 Å². The first-order valence-corrected chi connectivity index (χ1v) is 8.47. The Morgan fingerprint density at radius 3 is 2.48 bits per heavy atom. The molecule has 0 aromatic heterocycles. The Bertz CT molecular complexity index is 669. The molecular formula is C18H20FNO2S. The number of ether oxygens (including phenoxy) is 1. The SMILES string of the molecule is COc1ccc(Sc2cc(F)ccc2C2(O)CCNCC2)cc1. The highest BCUT2D eigenvalue weighted by Crippen LogP contribution is 2.40. The van der Waals surface area contributed by atoms with Crippen molar-refractivity contribution in [1.29, 1.82) is 0 Å². The van der Waals surface area contributed by atoms with Crippen molar-refractivity contribution >= 4 is 11.8 Å². The van der Waals surface area contributed by atoms with Crippen molar-refractivity contribution in [2.45, 2.75) is 28.2 Å². The van der Waals surface area contributed by atoms with Crippen molar-refractivity contribution in [2.75, 3.05) is 20.2 Å². The maximum Gasteiger partial charge on any atom is 0.124 e. The van der Waals surface area contributed by atoms with Gasteiger partial charge in [-0.3, -0.25) is 0 Å². The van der Waals surface area contributed by atoms with Gasteiger partial charge in [-0.05, 0) is 67.9 Å². The third kappa shape index (κ3) is 3.68. The zero-order valence-corrected chi connectivity index (χ0v) is 13.8. The minimum absolute atomic E-state index is 0.290. The molecule has 5 heteroatoms. The summed E-state index contributed by atoms with van der Waals surface area (Å²) in [5.41, 5.74) is -0.0884. The largest absolute Gasteiger partial charge is 0.497 e. The molecule has 2 N–H and O–H groups in total. The highest BCUT2D eigenvalue weighted by atomic mass is 32.2. The summed E-state index contributed by atoms with van der Waals surface area (Å²) in [4.78, 5) is 1.75. The number of rotatable bonds is 4. The highest BCUT2D eigenvalue weighted by molar-refractivity contribution is 7.99. The van der Waals surface area contributed by atoms with E-state index >= 15 is 0 Å². The third-order valence-electron chi connectivity index (χ3n) is 4.16. The van der Waals surface area contributed by atoms with E-state index in [1.54, 1.807) is 13.2 Å². The fourth-order valence-corrected chi connectivity index (χ4v) is 3.91. The van der Waals surface area contributed by atoms with Gasteiger partial charge in [0.2, 0.25) is 0 Å². The summed E-state index contributed by atoms with van der Waals surface area (Å²) in [6.45, 7) is 1.53. The Kier molecular flexibility index (Phi) is 4.90. The molecule has 0 bridgehead atoms. The van der Waals surface area contributed by atoms with Crippen LogP contribution >= 0.6 is 11.8 Å². The summed E-state index contributed by atoms with van der Waals surface area (Å²) in [7, 11) is 1.62. The summed E-state index contributed by atoms with van der Waals surface area (Å²) in [6, 6.07) is 12.3. The minimum Gasteiger partial charge on any atom is -0.497 e. The van der Waals surface area contributed by atoms with E-state index in [2.05, 4.69) is 5.32 Å². The van der Waals surface area contributed by atoms with Crippen LogP contribution in [0.15, 0.2) is 52.3 Å². The van der Waals surface area contributed by atoms with Gasteiger partial charge < -0.3 is 15.2 Å². The Hall–Kier alpha value is -1.56. The first kappa shape index (κ1) is 16.3. The van der Waals surface area contributed by atoms with Crippen LogP contribution in [0.5, 0.6) is 5.75 Å². The molecule has 3 nitrogen and oxygen atoms in total. The van der Waals surface area contributed by atoms with Crippen molar-refractivity contribution in [3.63, 3.8) is 0 Å². The number of hydrogen-bond acceptors (Lipinski definition) is 4. The second-order valence-electron chi connectivity index (χ2n) is 5.70. The molecule has 0 spiro atoms. The molecule has 122 valence electrons. The Morgan fingerprint density at radius 1 is 1.13 bits per heavy atom. The highest BCUT2D eigenvalue weighted by Gasteiger charge is 2.33. The van der Waals surface area contributed by atoms with Gasteiger partial charge in [0.15, 0.2) is 0 Å². The summed E-state index contributed by atoms with van der Waals surface area (Å²) in [6.07, 6.45) is 1.27. The maximum atomic E-state index is 13.7. The topological polar surface area (TPSA) is 41.5 Å². The van der Waals surface area contributed by atoms with Crippen LogP contribution in [0.25, 0.3) is 0 Å². The summed E-state index contributed by atoms with van der Waals surface area (Å²) in [5.74, 6) is 0.494. The van der Waals surface area contributed by atoms with Crippen LogP contribution in [-0.4, -0.2) is 25.3 Å². The molecule has 1 heterocycles. The standard InChI is InChI=1S/C18H20FNO2S/c1-22-14-3-5-15(6-4-14)23-17-12-13(19)2-7-16(17)18(21)8-10-20-11-9-18/h2-7,12,20-21H,8-11H2,1H3. The smallest absolute Gasteiger partial charge is 0.124 e. The molecule has 0 saturated carbocycles. The number of methoxy groups -OCH3 is 1. The first-order chi connectivity index (χ1) is 11.1. The van der Waals surface area contributed by atoms with E-state index in [9.17, 15) is 9.50 Å². The van der Waals surface area contributed by atoms with Crippen molar-refractivity contribution in [3.8, 4) is 5.75 Å². The van der Waals surface area contributed by atoms with E-state index in [1.165, 1.54) is 23.9 Å². The predicted octanol–water partition coefficient (Wildman–Crippen LogP) is 3.56. The molecule has 3 rings (SSSR count). The van der Waals surface area contributed by atoms with E-state index in [0.717, 1.165) is 34.2 Å². The molecule has 0 atom stereocenters. The van der Waals surface area contributed by atoms with Crippen LogP contribution in [0, 0.1) is 5.82 Å². The number of hydrogen-bond donors (Lipinski definition) is 2. The van der Waals surface area contributed by atoms with Gasteiger partial charge in [-0.25, -0.2) is 4.39 Å². The first-order valence-electron chi connectivity index (χ1n) is 7.66. The number of aliphatic hydroxyl groups is 1. The van der Waals surface area contributed by atoms with Gasteiger partial charge in [-0.15, -0.1) is 0 Å². The van der Waals surface area contributed by atoms with Crippen molar-refractivity contribution in [3.05, 3.63) is 53.8 Å². The molecule has 2 aromatic rings. The average Bonchev–Trinajstić information content (AvgIpc) is 2.56. The van der Waals surface area contributed by atoms with Crippen LogP contribution in [-0.2, 0) is 5.60 Å². The molecule has 1 fully saturated rings. The van der Waals surface area contributed by atoms with E-state index in [0.29, 0.717) is 12.8 Å². The fraction of sp³-hybridized carbons (Fsp3) is 0.333. The fourth-order valence-electron chi connectivity index (χ4n) is 2.85. The van der Waals surface area contributed by atoms with Crippen molar-refractivity contribution in [1.82, 2.24) is 5.32 Å². The molecular weight excluding hydrogens is 313 g/mol. The summed E-state index contributed by atoms with van der Waals surface area (Å²) < 4.78 is 18.9. The molecule has 1 aliphatic rings. The molecule has 0 unspecified atom stereocenters. The molecule has 0 amide bonds. The lowest BCUT2D eigenvalue weighted by atomic mass is 9.85. The second kappa shape index (κ2) is 6.91. The van der Waals surface area contributed by atoms with E-state index in [-0.39, 0.29) is 5.82 Å². The summed E-state index contributed by atoms with van der Waals surface area (Å²) in [5, 5.41) is 14.2. The molecule has 23 heavy (non-hydrogen) atoms. The number of piperidine rings is 1. The van der Waals surface area contributed by atoms with Gasteiger partial charge in [0, 0.05) is 9.79 Å². The van der Waals surface area contributed by atoms with Crippen molar-refractivity contribution in [2.24, 2.45) is 0 Å². The van der Waals surface area contributed by atoms with Crippen molar-refractivity contribution < 1.29 is 14.2 Å². The quantitative estimate of drug-likeness (QED) is 0.898. The molecule has 1 saturated heterocycles. The molecule has 1 aliphatic heterocycles. The number of nitrogens with one attached hydrogen (secondary N) is 1. The van der Waals surface area contributed by atoms with Crippen LogP contribution in [0.3, 0.4) is 0 Å². The predicted molar refractivity (Wildman–Crippen MR) is 89.5 cm³/mol. The van der Waals surface area contributed by atoms with Crippen LogP contribution < -0.4 is 10.1 Å². The lowest BCUT2D eigenvalue weighted by Crippen LogP contribution is -2.40. The molecule has 2 aromatic carbocycles. The Morgan fingerprint density at radius 2 is 1.83 bits per heavy atom. The zero-order valence-electron chi connectivity index (χ0n) is 13.0. The van der Waals surface area contributed by atoms with Crippen LogP contribution in [0.1, 0.15) is 18.4 Å². The van der Waals surface area contributed by atoms with E-state index < -0.39 is 5.60 Å². The van der Waals surface area contributed by atoms with Gasteiger partial charge in [-0.2, -0.15) is 0 Å². The average molecular weight is 333 g/mol.